The van der Waals surface area contributed by atoms with E-state index in [0.717, 1.165) is 5.56 Å². The fraction of sp³-hybridized carbons (Fsp3) is 0. The van der Waals surface area contributed by atoms with Gasteiger partial charge >= 0.3 is 0 Å². The summed E-state index contributed by atoms with van der Waals surface area (Å²) in [6, 6.07) is 9.18. The van der Waals surface area contributed by atoms with Crippen LogP contribution in [0.4, 0.5) is 0 Å². The maximum Gasteiger partial charge on any atom is 0.233 e. The molecule has 0 heterocycles. The molecule has 1 aromatic rings. The van der Waals surface area contributed by atoms with E-state index in [0.29, 0.717) is 5.57 Å². The van der Waals surface area contributed by atoms with Crippen LogP contribution in [0.3, 0.4) is 0 Å². The molecule has 0 unspecified atom stereocenters. The van der Waals surface area contributed by atoms with Crippen molar-refractivity contribution >= 4 is 17.1 Å². The fourth-order valence-electron chi connectivity index (χ4n) is 1.36. The Morgan fingerprint density at radius 3 is 2.36 bits per heavy atom. The number of carbonyl (C=O) groups excluding carboxylic acids is 2. The van der Waals surface area contributed by atoms with Crippen molar-refractivity contribution in [3.8, 4) is 0 Å². The van der Waals surface area contributed by atoms with E-state index in [9.17, 15) is 9.59 Å². The molecule has 2 nitrogen and oxygen atoms in total. The first-order valence-electron chi connectivity index (χ1n) is 4.31. The lowest BCUT2D eigenvalue weighted by atomic mass is 9.95. The number of carbonyl (C=O) groups is 2. The van der Waals surface area contributed by atoms with E-state index in [-0.39, 0.29) is 0 Å². The summed E-state index contributed by atoms with van der Waals surface area (Å²) in [5, 5.41) is 0. The van der Waals surface area contributed by atoms with Crippen LogP contribution in [0.2, 0.25) is 0 Å². The van der Waals surface area contributed by atoms with Crippen molar-refractivity contribution in [1.82, 2.24) is 0 Å². The SMILES string of the molecule is O=C1C=CC=C(c2ccccc2)C1=O. The third-order valence-corrected chi connectivity index (χ3v) is 2.06. The lowest BCUT2D eigenvalue weighted by Crippen LogP contribution is -2.15. The van der Waals surface area contributed by atoms with Crippen LogP contribution in [0.25, 0.3) is 5.57 Å². The van der Waals surface area contributed by atoms with Gasteiger partial charge in [0, 0.05) is 5.57 Å². The predicted molar refractivity (Wildman–Crippen MR) is 53.6 cm³/mol. The molecule has 0 saturated carbocycles. The number of ketones is 2. The van der Waals surface area contributed by atoms with E-state index in [1.165, 1.54) is 6.08 Å². The van der Waals surface area contributed by atoms with E-state index in [1.54, 1.807) is 12.2 Å². The minimum absolute atomic E-state index is 0.432. The summed E-state index contributed by atoms with van der Waals surface area (Å²) in [6.07, 6.45) is 4.56. The third-order valence-electron chi connectivity index (χ3n) is 2.06. The van der Waals surface area contributed by atoms with Gasteiger partial charge in [0.1, 0.15) is 0 Å². The highest BCUT2D eigenvalue weighted by molar-refractivity contribution is 6.57. The van der Waals surface area contributed by atoms with E-state index in [2.05, 4.69) is 0 Å². The average molecular weight is 184 g/mol. The van der Waals surface area contributed by atoms with Gasteiger partial charge in [0.05, 0.1) is 0 Å². The van der Waals surface area contributed by atoms with E-state index >= 15 is 0 Å². The molecular formula is C12H8O2. The average Bonchev–Trinajstić information content (AvgIpc) is 2.23. The second kappa shape index (κ2) is 3.42. The van der Waals surface area contributed by atoms with Crippen molar-refractivity contribution in [2.45, 2.75) is 0 Å². The van der Waals surface area contributed by atoms with Gasteiger partial charge in [0.25, 0.3) is 0 Å². The first-order chi connectivity index (χ1) is 6.79. The lowest BCUT2D eigenvalue weighted by molar-refractivity contribution is -0.130. The molecule has 14 heavy (non-hydrogen) atoms. The summed E-state index contributed by atoms with van der Waals surface area (Å²) in [5.41, 5.74) is 1.26. The van der Waals surface area contributed by atoms with Gasteiger partial charge < -0.3 is 0 Å². The number of allylic oxidation sites excluding steroid dienone is 4. The first kappa shape index (κ1) is 8.63. The summed E-state index contributed by atoms with van der Waals surface area (Å²) in [4.78, 5) is 22.6. The van der Waals surface area contributed by atoms with Crippen molar-refractivity contribution in [2.75, 3.05) is 0 Å². The van der Waals surface area contributed by atoms with Crippen LogP contribution in [0, 0.1) is 0 Å². The van der Waals surface area contributed by atoms with Crippen LogP contribution in [0.1, 0.15) is 5.56 Å². The van der Waals surface area contributed by atoms with Gasteiger partial charge in [-0.15, -0.1) is 0 Å². The summed E-state index contributed by atoms with van der Waals surface area (Å²) in [6.45, 7) is 0. The Labute approximate surface area is 81.6 Å². The summed E-state index contributed by atoms with van der Waals surface area (Å²) in [5.74, 6) is -0.884. The molecule has 0 amide bonds. The molecule has 2 rings (SSSR count). The predicted octanol–water partition coefficient (Wildman–Crippen LogP) is 1.78. The van der Waals surface area contributed by atoms with Crippen LogP contribution >= 0.6 is 0 Å². The minimum Gasteiger partial charge on any atom is -0.286 e. The molecule has 1 aliphatic carbocycles. The number of hydrogen-bond acceptors (Lipinski definition) is 2. The molecule has 2 heteroatoms. The highest BCUT2D eigenvalue weighted by atomic mass is 16.2. The summed E-state index contributed by atoms with van der Waals surface area (Å²) in [7, 11) is 0. The fourth-order valence-corrected chi connectivity index (χ4v) is 1.36. The lowest BCUT2D eigenvalue weighted by Gasteiger charge is -2.06. The Bertz CT molecular complexity index is 439. The zero-order valence-corrected chi connectivity index (χ0v) is 7.44. The summed E-state index contributed by atoms with van der Waals surface area (Å²) >= 11 is 0. The molecule has 0 fully saturated rings. The number of hydrogen-bond donors (Lipinski definition) is 0. The molecule has 0 atom stereocenters. The molecule has 68 valence electrons. The second-order valence-electron chi connectivity index (χ2n) is 3.00. The van der Waals surface area contributed by atoms with E-state index < -0.39 is 11.6 Å². The Balaban J connectivity index is 2.45. The van der Waals surface area contributed by atoms with Crippen molar-refractivity contribution in [1.29, 1.82) is 0 Å². The number of benzene rings is 1. The minimum atomic E-state index is -0.452. The van der Waals surface area contributed by atoms with Gasteiger partial charge in [-0.3, -0.25) is 9.59 Å². The number of Topliss-reactive ketones (excluding diaryl/α,β-unsaturated/α-hetero) is 1. The summed E-state index contributed by atoms with van der Waals surface area (Å²) < 4.78 is 0. The standard InChI is InChI=1S/C12H8O2/c13-11-8-4-7-10(12(11)14)9-5-2-1-3-6-9/h1-8H. The van der Waals surface area contributed by atoms with Crippen molar-refractivity contribution in [3.05, 3.63) is 54.1 Å². The van der Waals surface area contributed by atoms with Gasteiger partial charge in [-0.2, -0.15) is 0 Å². The maximum atomic E-state index is 11.5. The molecule has 1 aromatic carbocycles. The Kier molecular flexibility index (Phi) is 2.11. The quantitative estimate of drug-likeness (QED) is 0.492. The molecular weight excluding hydrogens is 176 g/mol. The normalized spacial score (nSPS) is 15.6. The van der Waals surface area contributed by atoms with Gasteiger partial charge in [-0.05, 0) is 11.6 Å². The Hall–Kier alpha value is -1.96. The monoisotopic (exact) mass is 184 g/mol. The van der Waals surface area contributed by atoms with Gasteiger partial charge in [0.15, 0.2) is 0 Å². The van der Waals surface area contributed by atoms with Gasteiger partial charge in [-0.1, -0.05) is 42.5 Å². The molecule has 0 radical (unpaired) electrons. The second-order valence-corrected chi connectivity index (χ2v) is 3.00. The maximum absolute atomic E-state index is 11.5. The largest absolute Gasteiger partial charge is 0.286 e. The van der Waals surface area contributed by atoms with E-state index in [4.69, 9.17) is 0 Å². The van der Waals surface area contributed by atoms with Crippen molar-refractivity contribution in [2.24, 2.45) is 0 Å². The molecule has 0 N–H and O–H groups in total. The van der Waals surface area contributed by atoms with Crippen molar-refractivity contribution in [3.63, 3.8) is 0 Å². The van der Waals surface area contributed by atoms with Crippen molar-refractivity contribution < 1.29 is 9.59 Å². The molecule has 0 bridgehead atoms. The van der Waals surface area contributed by atoms with Crippen LogP contribution in [-0.2, 0) is 9.59 Å². The highest BCUT2D eigenvalue weighted by Crippen LogP contribution is 2.18. The molecule has 0 saturated heterocycles. The zero-order chi connectivity index (χ0) is 9.97. The van der Waals surface area contributed by atoms with Gasteiger partial charge in [0.2, 0.25) is 11.6 Å². The Morgan fingerprint density at radius 1 is 0.929 bits per heavy atom. The zero-order valence-electron chi connectivity index (χ0n) is 7.44. The molecule has 0 aliphatic heterocycles. The van der Waals surface area contributed by atoms with Crippen LogP contribution < -0.4 is 0 Å². The highest BCUT2D eigenvalue weighted by Gasteiger charge is 2.19. The van der Waals surface area contributed by atoms with Crippen LogP contribution in [0.15, 0.2) is 48.6 Å². The number of rotatable bonds is 1. The molecule has 1 aliphatic rings. The van der Waals surface area contributed by atoms with Crippen LogP contribution in [0.5, 0.6) is 0 Å². The molecule has 0 aromatic heterocycles. The first-order valence-corrected chi connectivity index (χ1v) is 4.31. The smallest absolute Gasteiger partial charge is 0.233 e. The topological polar surface area (TPSA) is 34.1 Å². The van der Waals surface area contributed by atoms with E-state index in [1.807, 2.05) is 30.3 Å². The van der Waals surface area contributed by atoms with Crippen LogP contribution in [-0.4, -0.2) is 11.6 Å². The third kappa shape index (κ3) is 1.42. The Morgan fingerprint density at radius 2 is 1.64 bits per heavy atom. The molecule has 0 spiro atoms. The van der Waals surface area contributed by atoms with Gasteiger partial charge in [-0.25, -0.2) is 0 Å².